The molecule has 1 fully saturated rings. The Morgan fingerprint density at radius 2 is 1.59 bits per heavy atom. The lowest BCUT2D eigenvalue weighted by molar-refractivity contribution is 0.386. The van der Waals surface area contributed by atoms with Crippen LogP contribution >= 0.6 is 12.2 Å². The maximum Gasteiger partial charge on any atom is 0.332 e. The molecule has 0 radical (unpaired) electrons. The number of fused-ring (bicyclic) bond motifs is 1. The lowest BCUT2D eigenvalue weighted by atomic mass is 10.2. The number of piperazine rings is 1. The molecule has 39 heavy (non-hydrogen) atoms. The molecule has 5 rings (SSSR count). The smallest absolute Gasteiger partial charge is 0.332 e. The third-order valence-electron chi connectivity index (χ3n) is 6.96. The molecule has 0 spiro atoms. The quantitative estimate of drug-likeness (QED) is 0.362. The molecule has 11 nitrogen and oxygen atoms in total. The minimum Gasteiger partial charge on any atom is -0.497 e. The first-order chi connectivity index (χ1) is 18.8. The molecule has 0 unspecified atom stereocenters. The van der Waals surface area contributed by atoms with Gasteiger partial charge in [-0.25, -0.2) is 4.79 Å². The van der Waals surface area contributed by atoms with Crippen molar-refractivity contribution in [2.45, 2.75) is 6.54 Å². The number of rotatable bonds is 6. The molecule has 204 valence electrons. The number of benzene rings is 2. The Morgan fingerprint density at radius 1 is 0.949 bits per heavy atom. The van der Waals surface area contributed by atoms with Gasteiger partial charge in [-0.05, 0) is 17.8 Å². The molecule has 0 aliphatic carbocycles. The summed E-state index contributed by atoms with van der Waals surface area (Å²) in [4.78, 5) is 34.9. The van der Waals surface area contributed by atoms with Crippen molar-refractivity contribution in [2.75, 3.05) is 50.6 Å². The zero-order chi connectivity index (χ0) is 27.7. The van der Waals surface area contributed by atoms with Gasteiger partial charge in [0.05, 0.1) is 20.8 Å². The van der Waals surface area contributed by atoms with Crippen LogP contribution < -0.4 is 30.9 Å². The highest BCUT2D eigenvalue weighted by Crippen LogP contribution is 2.27. The molecule has 12 heteroatoms. The van der Waals surface area contributed by atoms with Crippen molar-refractivity contribution in [1.29, 1.82) is 0 Å². The highest BCUT2D eigenvalue weighted by Gasteiger charge is 2.26. The molecule has 2 aromatic carbocycles. The number of nitrogens with one attached hydrogen (secondary N) is 1. The topological polar surface area (TPSA) is 98.8 Å². The molecule has 1 N–H and O–H groups in total. The van der Waals surface area contributed by atoms with E-state index in [0.717, 1.165) is 15.8 Å². The number of methoxy groups -OCH3 is 2. The fraction of sp³-hybridized carbons (Fsp3) is 0.333. The van der Waals surface area contributed by atoms with Crippen LogP contribution in [0.5, 0.6) is 11.5 Å². The van der Waals surface area contributed by atoms with Crippen LogP contribution in [0.3, 0.4) is 0 Å². The summed E-state index contributed by atoms with van der Waals surface area (Å²) in [5, 5.41) is 3.88. The van der Waals surface area contributed by atoms with Gasteiger partial charge in [0.1, 0.15) is 11.5 Å². The summed E-state index contributed by atoms with van der Waals surface area (Å²) >= 11 is 5.71. The summed E-state index contributed by atoms with van der Waals surface area (Å²) in [6.07, 6.45) is 0. The number of ether oxygens (including phenoxy) is 2. The fourth-order valence-corrected chi connectivity index (χ4v) is 5.08. The largest absolute Gasteiger partial charge is 0.497 e. The van der Waals surface area contributed by atoms with Crippen molar-refractivity contribution in [3.05, 3.63) is 74.9 Å². The zero-order valence-electron chi connectivity index (χ0n) is 22.4. The second kappa shape index (κ2) is 10.8. The van der Waals surface area contributed by atoms with E-state index < -0.39 is 5.69 Å². The number of aromatic nitrogens is 4. The molecule has 0 bridgehead atoms. The minimum atomic E-state index is -0.404. The Labute approximate surface area is 230 Å². The average Bonchev–Trinajstić information content (AvgIpc) is 3.34. The lowest BCUT2D eigenvalue weighted by Crippen LogP contribution is -2.50. The summed E-state index contributed by atoms with van der Waals surface area (Å²) in [5.74, 6) is 1.99. The van der Waals surface area contributed by atoms with Crippen molar-refractivity contribution in [2.24, 2.45) is 14.1 Å². The molecule has 1 aliphatic heterocycles. The number of hydrogen-bond donors (Lipinski definition) is 1. The van der Waals surface area contributed by atoms with E-state index in [9.17, 15) is 9.59 Å². The first-order valence-electron chi connectivity index (χ1n) is 12.5. The SMILES string of the molecule is COc1cc(NC(=S)N2CCN(c3nc4c(c(=O)n(C)c(=O)n4C)n3Cc3ccccc3)CC2)cc(OC)c1. The number of imidazole rings is 1. The molecule has 1 saturated heterocycles. The molecule has 0 amide bonds. The van der Waals surface area contributed by atoms with Crippen molar-refractivity contribution in [3.8, 4) is 11.5 Å². The van der Waals surface area contributed by atoms with Crippen LogP contribution in [-0.2, 0) is 20.6 Å². The van der Waals surface area contributed by atoms with E-state index >= 15 is 0 Å². The van der Waals surface area contributed by atoms with Crippen molar-refractivity contribution in [1.82, 2.24) is 23.6 Å². The van der Waals surface area contributed by atoms with Crippen LogP contribution in [0.2, 0.25) is 0 Å². The summed E-state index contributed by atoms with van der Waals surface area (Å²) in [6, 6.07) is 15.4. The number of anilines is 2. The Kier molecular flexibility index (Phi) is 7.29. The second-order valence-electron chi connectivity index (χ2n) is 9.37. The van der Waals surface area contributed by atoms with Crippen molar-refractivity contribution >= 4 is 40.1 Å². The molecule has 2 aromatic heterocycles. The van der Waals surface area contributed by atoms with Crippen LogP contribution in [0.4, 0.5) is 11.6 Å². The Balaban J connectivity index is 1.41. The van der Waals surface area contributed by atoms with Crippen molar-refractivity contribution in [3.63, 3.8) is 0 Å². The van der Waals surface area contributed by atoms with Gasteiger partial charge in [0.15, 0.2) is 16.3 Å². The number of thiocarbonyl (C=S) groups is 1. The number of hydrogen-bond acceptors (Lipinski definition) is 7. The highest BCUT2D eigenvalue weighted by molar-refractivity contribution is 7.80. The molecule has 0 saturated carbocycles. The first-order valence-corrected chi connectivity index (χ1v) is 13.0. The number of aryl methyl sites for hydroxylation is 1. The monoisotopic (exact) mass is 549 g/mol. The van der Waals surface area contributed by atoms with Crippen LogP contribution in [0.15, 0.2) is 58.1 Å². The van der Waals surface area contributed by atoms with E-state index in [1.54, 1.807) is 27.3 Å². The molecule has 4 aromatic rings. The third-order valence-corrected chi connectivity index (χ3v) is 7.32. The Bertz CT molecular complexity index is 1610. The molecule has 3 heterocycles. The van der Waals surface area contributed by atoms with Gasteiger partial charge in [-0.3, -0.25) is 18.5 Å². The van der Waals surface area contributed by atoms with Gasteiger partial charge in [-0.2, -0.15) is 4.98 Å². The van der Waals surface area contributed by atoms with Gasteiger partial charge in [0.2, 0.25) is 5.95 Å². The highest BCUT2D eigenvalue weighted by atomic mass is 32.1. The normalized spacial score (nSPS) is 13.5. The summed E-state index contributed by atoms with van der Waals surface area (Å²) in [5.41, 5.74) is 1.83. The maximum absolute atomic E-state index is 13.2. The van der Waals surface area contributed by atoms with E-state index in [4.69, 9.17) is 26.7 Å². The van der Waals surface area contributed by atoms with E-state index in [0.29, 0.717) is 66.4 Å². The number of nitrogens with zero attached hydrogens (tertiary/aromatic N) is 6. The Hall–Kier alpha value is -4.32. The van der Waals surface area contributed by atoms with Crippen LogP contribution in [-0.4, -0.2) is 69.1 Å². The van der Waals surface area contributed by atoms with Gasteiger partial charge >= 0.3 is 5.69 Å². The van der Waals surface area contributed by atoms with E-state index in [-0.39, 0.29) is 5.56 Å². The molecular weight excluding hydrogens is 518 g/mol. The van der Waals surface area contributed by atoms with E-state index in [1.807, 2.05) is 47.0 Å². The van der Waals surface area contributed by atoms with Gasteiger partial charge in [-0.15, -0.1) is 0 Å². The average molecular weight is 550 g/mol. The molecule has 1 aliphatic rings. The van der Waals surface area contributed by atoms with Gasteiger partial charge in [0.25, 0.3) is 5.56 Å². The fourth-order valence-electron chi connectivity index (χ4n) is 4.78. The van der Waals surface area contributed by atoms with Gasteiger partial charge in [0, 0.05) is 64.2 Å². The predicted molar refractivity (Wildman–Crippen MR) is 155 cm³/mol. The van der Waals surface area contributed by atoms with Gasteiger partial charge in [-0.1, -0.05) is 30.3 Å². The molecular formula is C27H31N7O4S. The minimum absolute atomic E-state index is 0.361. The predicted octanol–water partition coefficient (Wildman–Crippen LogP) is 2.02. The lowest BCUT2D eigenvalue weighted by Gasteiger charge is -2.36. The van der Waals surface area contributed by atoms with Gasteiger partial charge < -0.3 is 24.6 Å². The third kappa shape index (κ3) is 5.07. The second-order valence-corrected chi connectivity index (χ2v) is 9.75. The van der Waals surface area contributed by atoms with Crippen LogP contribution in [0.1, 0.15) is 5.56 Å². The van der Waals surface area contributed by atoms with E-state index in [2.05, 4.69) is 15.1 Å². The summed E-state index contributed by atoms with van der Waals surface area (Å²) in [6.45, 7) is 3.03. The zero-order valence-corrected chi connectivity index (χ0v) is 23.2. The maximum atomic E-state index is 13.2. The van der Waals surface area contributed by atoms with Crippen molar-refractivity contribution < 1.29 is 9.47 Å². The van der Waals surface area contributed by atoms with Crippen LogP contribution in [0.25, 0.3) is 11.2 Å². The molecule has 0 atom stereocenters. The summed E-state index contributed by atoms with van der Waals surface area (Å²) < 4.78 is 15.2. The standard InChI is InChI=1S/C27H31N7O4S/c1-30-23-22(24(35)31(2)27(30)36)34(17-18-8-6-5-7-9-18)25(29-23)32-10-12-33(13-11-32)26(39)28-19-14-20(37-3)16-21(15-19)38-4/h5-9,14-16H,10-13,17H2,1-4H3,(H,28,39). The summed E-state index contributed by atoms with van der Waals surface area (Å²) in [7, 11) is 6.35. The van der Waals surface area contributed by atoms with E-state index in [1.165, 1.54) is 11.6 Å². The Morgan fingerprint density at radius 3 is 2.21 bits per heavy atom. The first kappa shape index (κ1) is 26.3. The van der Waals surface area contributed by atoms with Crippen LogP contribution in [0, 0.1) is 0 Å².